The smallest absolute Gasteiger partial charge is 0.290 e. The average molecular weight is 729 g/mol. The average Bonchev–Trinajstić information content (AvgIpc) is 3.84. The number of nitrogens with zero attached hydrogens (tertiary/aromatic N) is 2. The molecule has 2 bridgehead atoms. The maximum atomic E-state index is 14.6. The molecule has 3 aliphatic heterocycles. The van der Waals surface area contributed by atoms with Gasteiger partial charge in [0.25, 0.3) is 12.4 Å². The number of rotatable bonds is 10. The van der Waals surface area contributed by atoms with Crippen LogP contribution in [0.2, 0.25) is 10.0 Å². The van der Waals surface area contributed by atoms with E-state index < -0.39 is 5.82 Å². The highest BCUT2D eigenvalue weighted by Crippen LogP contribution is 2.41. The van der Waals surface area contributed by atoms with Crippen LogP contribution in [0.1, 0.15) is 37.3 Å². The van der Waals surface area contributed by atoms with Crippen molar-refractivity contribution in [3.8, 4) is 23.0 Å². The van der Waals surface area contributed by atoms with Crippen molar-refractivity contribution < 1.29 is 42.8 Å². The molecular formula is C36H36Cl2FN3O8. The fourth-order valence-electron chi connectivity index (χ4n) is 6.45. The third kappa shape index (κ3) is 8.09. The molecule has 3 heterocycles. The van der Waals surface area contributed by atoms with Gasteiger partial charge < -0.3 is 39.2 Å². The number of carbonyl (C=O) groups is 3. The largest absolute Gasteiger partial charge is 0.490 e. The van der Waals surface area contributed by atoms with E-state index in [1.54, 1.807) is 13.0 Å². The highest BCUT2D eigenvalue weighted by Gasteiger charge is 2.43. The van der Waals surface area contributed by atoms with Crippen molar-refractivity contribution >= 4 is 47.1 Å². The molecule has 2 unspecified atom stereocenters. The minimum absolute atomic E-state index is 0.00640. The highest BCUT2D eigenvalue weighted by molar-refractivity contribution is 6.32. The van der Waals surface area contributed by atoms with Crippen LogP contribution in [0.25, 0.3) is 5.57 Å². The molecule has 0 aromatic heterocycles. The summed E-state index contributed by atoms with van der Waals surface area (Å²) >= 11 is 12.7. The Balaban J connectivity index is 0.00000139. The second-order valence-corrected chi connectivity index (χ2v) is 13.1. The van der Waals surface area contributed by atoms with E-state index in [1.807, 2.05) is 40.1 Å². The van der Waals surface area contributed by atoms with Gasteiger partial charge in [-0.15, -0.1) is 0 Å². The van der Waals surface area contributed by atoms with Crippen LogP contribution in [-0.4, -0.2) is 84.4 Å². The number of hydrogen-bond donors (Lipinski definition) is 2. The molecule has 11 nitrogen and oxygen atoms in total. The molecule has 0 spiro atoms. The first-order valence-corrected chi connectivity index (χ1v) is 16.9. The fourth-order valence-corrected chi connectivity index (χ4v) is 6.83. The van der Waals surface area contributed by atoms with E-state index in [2.05, 4.69) is 5.32 Å². The van der Waals surface area contributed by atoms with Crippen molar-refractivity contribution in [1.82, 2.24) is 15.1 Å². The predicted octanol–water partition coefficient (Wildman–Crippen LogP) is 5.56. The van der Waals surface area contributed by atoms with Gasteiger partial charge in [-0.05, 0) is 66.3 Å². The van der Waals surface area contributed by atoms with Crippen molar-refractivity contribution in [1.29, 1.82) is 0 Å². The third-order valence-corrected chi connectivity index (χ3v) is 9.58. The van der Waals surface area contributed by atoms with E-state index in [-0.39, 0.29) is 62.2 Å². The zero-order valence-corrected chi connectivity index (χ0v) is 28.7. The molecule has 1 saturated heterocycles. The van der Waals surface area contributed by atoms with Crippen LogP contribution in [0, 0.1) is 5.82 Å². The van der Waals surface area contributed by atoms with Gasteiger partial charge in [0.1, 0.15) is 30.5 Å². The minimum atomic E-state index is -0.430. The number of amides is 2. The van der Waals surface area contributed by atoms with E-state index in [9.17, 15) is 14.0 Å². The number of nitrogens with one attached hydrogen (secondary N) is 1. The van der Waals surface area contributed by atoms with E-state index in [0.717, 1.165) is 29.5 Å². The Morgan fingerprint density at radius 2 is 1.72 bits per heavy atom. The fraction of sp³-hybridized carbons (Fsp3) is 0.361. The Hall–Kier alpha value is -4.52. The maximum Gasteiger partial charge on any atom is 0.290 e. The van der Waals surface area contributed by atoms with Crippen LogP contribution in [0.3, 0.4) is 0 Å². The van der Waals surface area contributed by atoms with Crippen LogP contribution >= 0.6 is 23.2 Å². The van der Waals surface area contributed by atoms with E-state index in [0.29, 0.717) is 58.9 Å². The van der Waals surface area contributed by atoms with Crippen LogP contribution in [-0.2, 0) is 20.9 Å². The summed E-state index contributed by atoms with van der Waals surface area (Å²) in [5, 5.41) is 11.4. The first-order valence-electron chi connectivity index (χ1n) is 16.2. The second-order valence-electron chi connectivity index (χ2n) is 12.3. The Morgan fingerprint density at radius 3 is 2.42 bits per heavy atom. The molecule has 4 aliphatic rings. The number of carbonyl (C=O) groups excluding carboxylic acids is 2. The molecule has 7 rings (SSSR count). The predicted molar refractivity (Wildman–Crippen MR) is 183 cm³/mol. The van der Waals surface area contributed by atoms with E-state index in [4.69, 9.17) is 52.1 Å². The lowest BCUT2D eigenvalue weighted by Crippen LogP contribution is -2.61. The summed E-state index contributed by atoms with van der Waals surface area (Å²) in [6, 6.07) is 15.0. The standard InChI is InChI=1S/C35H34Cl2FN3O6.CH2O2/c1-20(42)40-17-24-14-27(21-2-7-26(8-3-21)44-10-11-45-31-13-23(38)4-9-28(31)36)34(30(18-40)39-24)35(43)41(25-5-6-25)16-22-12-32-33(15-29(22)37)47-19-46-32;2-1-3/h2-4,7-9,12-13,15,24-25,30,39H,5-6,10-11,14,16-19H2,1H3;1H,(H,2,3). The SMILES string of the molecule is CC(=O)N1CC2CC(c3ccc(OCCOc4cc(F)ccc4Cl)cc3)=C(C(=O)N(Cc3cc4c(cc3Cl)OCO4)C3CC3)C(C1)N2.O=CO. The molecule has 1 saturated carbocycles. The van der Waals surface area contributed by atoms with Gasteiger partial charge in [0.2, 0.25) is 12.7 Å². The summed E-state index contributed by atoms with van der Waals surface area (Å²) < 4.78 is 36.0. The van der Waals surface area contributed by atoms with Gasteiger partial charge in [-0.3, -0.25) is 14.4 Å². The molecule has 50 heavy (non-hydrogen) atoms. The molecule has 3 aromatic carbocycles. The lowest BCUT2D eigenvalue weighted by atomic mass is 9.82. The molecule has 3 aromatic rings. The summed E-state index contributed by atoms with van der Waals surface area (Å²) in [6.45, 7) is 3.19. The first kappa shape index (κ1) is 35.3. The second kappa shape index (κ2) is 15.6. The zero-order chi connectivity index (χ0) is 35.4. The molecule has 2 fully saturated rings. The molecule has 0 radical (unpaired) electrons. The number of fused-ring (bicyclic) bond motifs is 3. The third-order valence-electron chi connectivity index (χ3n) is 8.92. The Bertz CT molecular complexity index is 1790. The lowest BCUT2D eigenvalue weighted by molar-refractivity contribution is -0.132. The van der Waals surface area contributed by atoms with Gasteiger partial charge in [0, 0.05) is 61.4 Å². The topological polar surface area (TPSA) is 127 Å². The van der Waals surface area contributed by atoms with Crippen molar-refractivity contribution in [2.24, 2.45) is 0 Å². The van der Waals surface area contributed by atoms with E-state index in [1.165, 1.54) is 18.2 Å². The van der Waals surface area contributed by atoms with E-state index >= 15 is 0 Å². The Labute approximate surface area is 298 Å². The summed E-state index contributed by atoms with van der Waals surface area (Å²) in [6.07, 6.45) is 2.42. The number of halogens is 3. The number of hydrogen-bond acceptors (Lipinski definition) is 8. The monoisotopic (exact) mass is 727 g/mol. The van der Waals surface area contributed by atoms with Gasteiger partial charge in [-0.2, -0.15) is 0 Å². The Morgan fingerprint density at radius 1 is 1.02 bits per heavy atom. The molecule has 2 atom stereocenters. The van der Waals surface area contributed by atoms with Gasteiger partial charge in [-0.1, -0.05) is 35.3 Å². The first-order chi connectivity index (χ1) is 24.1. The lowest BCUT2D eigenvalue weighted by Gasteiger charge is -2.44. The Kier molecular flexibility index (Phi) is 11.0. The summed E-state index contributed by atoms with van der Waals surface area (Å²) in [7, 11) is 0. The number of carboxylic acid groups (broad SMARTS) is 1. The number of ether oxygens (including phenoxy) is 4. The molecular weight excluding hydrogens is 692 g/mol. The normalized spacial score (nSPS) is 18.9. The van der Waals surface area contributed by atoms with Crippen LogP contribution in [0.4, 0.5) is 4.39 Å². The van der Waals surface area contributed by atoms with Crippen molar-refractivity contribution in [2.75, 3.05) is 33.1 Å². The molecule has 2 amide bonds. The highest BCUT2D eigenvalue weighted by atomic mass is 35.5. The summed E-state index contributed by atoms with van der Waals surface area (Å²) in [4.78, 5) is 39.2. The molecule has 14 heteroatoms. The number of benzene rings is 3. The summed E-state index contributed by atoms with van der Waals surface area (Å²) in [5.41, 5.74) is 3.35. The zero-order valence-electron chi connectivity index (χ0n) is 27.2. The van der Waals surface area contributed by atoms with Gasteiger partial charge in [0.05, 0.1) is 11.1 Å². The van der Waals surface area contributed by atoms with Crippen LogP contribution < -0.4 is 24.3 Å². The van der Waals surface area contributed by atoms with Gasteiger partial charge >= 0.3 is 0 Å². The van der Waals surface area contributed by atoms with Gasteiger partial charge in [0.15, 0.2) is 11.5 Å². The van der Waals surface area contributed by atoms with Crippen molar-refractivity contribution in [3.05, 3.63) is 87.2 Å². The van der Waals surface area contributed by atoms with Crippen LogP contribution in [0.15, 0.2) is 60.2 Å². The maximum absolute atomic E-state index is 14.6. The molecule has 264 valence electrons. The molecule has 2 N–H and O–H groups in total. The van der Waals surface area contributed by atoms with Gasteiger partial charge in [-0.25, -0.2) is 4.39 Å². The number of piperazine rings is 1. The van der Waals surface area contributed by atoms with Crippen LogP contribution in [0.5, 0.6) is 23.0 Å². The van der Waals surface area contributed by atoms with Crippen molar-refractivity contribution in [2.45, 2.75) is 50.9 Å². The van der Waals surface area contributed by atoms with Crippen molar-refractivity contribution in [3.63, 3.8) is 0 Å². The minimum Gasteiger partial charge on any atom is -0.490 e. The quantitative estimate of drug-likeness (QED) is 0.204. The molecule has 1 aliphatic carbocycles. The summed E-state index contributed by atoms with van der Waals surface area (Å²) in [5.74, 6) is 1.60.